The summed E-state index contributed by atoms with van der Waals surface area (Å²) >= 11 is 6.07. The Morgan fingerprint density at radius 1 is 1.36 bits per heavy atom. The first-order valence-corrected chi connectivity index (χ1v) is 9.34. The summed E-state index contributed by atoms with van der Waals surface area (Å²) in [6.45, 7) is 3.94. The number of benzene rings is 1. The topological polar surface area (TPSA) is 75.6 Å². The lowest BCUT2D eigenvalue weighted by atomic mass is 9.93. The maximum atomic E-state index is 12.6. The van der Waals surface area contributed by atoms with Gasteiger partial charge in [-0.05, 0) is 44.4 Å². The van der Waals surface area contributed by atoms with E-state index in [4.69, 9.17) is 16.3 Å². The highest BCUT2D eigenvalue weighted by molar-refractivity contribution is 7.89. The Labute approximate surface area is 136 Å². The lowest BCUT2D eigenvalue weighted by Gasteiger charge is -2.28. The van der Waals surface area contributed by atoms with Crippen molar-refractivity contribution < 1.29 is 18.3 Å². The van der Waals surface area contributed by atoms with Gasteiger partial charge in [-0.25, -0.2) is 13.1 Å². The molecular weight excluding hydrogens is 326 g/mol. The van der Waals surface area contributed by atoms with E-state index in [-0.39, 0.29) is 10.6 Å². The molecule has 1 aromatic carbocycles. The zero-order valence-electron chi connectivity index (χ0n) is 12.8. The van der Waals surface area contributed by atoms with E-state index in [1.54, 1.807) is 19.9 Å². The second-order valence-corrected chi connectivity index (χ2v) is 7.65. The van der Waals surface area contributed by atoms with Crippen LogP contribution in [0.1, 0.15) is 38.2 Å². The Hall–Kier alpha value is -0.820. The first-order valence-electron chi connectivity index (χ1n) is 7.48. The number of nitrogens with one attached hydrogen (secondary N) is 1. The largest absolute Gasteiger partial charge is 0.492 e. The van der Waals surface area contributed by atoms with Crippen LogP contribution in [0.25, 0.3) is 0 Å². The van der Waals surface area contributed by atoms with Crippen LogP contribution in [0.2, 0.25) is 5.02 Å². The summed E-state index contributed by atoms with van der Waals surface area (Å²) in [5.74, 6) is 0.280. The van der Waals surface area contributed by atoms with Crippen LogP contribution in [0, 0.1) is 6.92 Å². The summed E-state index contributed by atoms with van der Waals surface area (Å²) in [5, 5.41) is 10.3. The number of aliphatic hydroxyl groups is 1. The second kappa shape index (κ2) is 7.17. The average molecular weight is 348 g/mol. The molecule has 0 saturated heterocycles. The summed E-state index contributed by atoms with van der Waals surface area (Å²) in [5.41, 5.74) is 0.752. The normalized spacial score (nSPS) is 22.5. The number of hydrogen-bond donors (Lipinski definition) is 2. The molecule has 1 aromatic rings. The third kappa shape index (κ3) is 3.93. The molecule has 2 atom stereocenters. The molecular formula is C15H22ClNO4S. The van der Waals surface area contributed by atoms with E-state index >= 15 is 0 Å². The Morgan fingerprint density at radius 3 is 2.68 bits per heavy atom. The quantitative estimate of drug-likeness (QED) is 0.858. The van der Waals surface area contributed by atoms with E-state index in [0.29, 0.717) is 24.5 Å². The van der Waals surface area contributed by atoms with Crippen molar-refractivity contribution in [2.75, 3.05) is 6.61 Å². The van der Waals surface area contributed by atoms with Crippen LogP contribution < -0.4 is 9.46 Å². The summed E-state index contributed by atoms with van der Waals surface area (Å²) in [4.78, 5) is 0.0164. The van der Waals surface area contributed by atoms with Crippen molar-refractivity contribution in [3.05, 3.63) is 22.7 Å². The number of ether oxygens (including phenoxy) is 1. The van der Waals surface area contributed by atoms with E-state index in [2.05, 4.69) is 4.72 Å². The predicted octanol–water partition coefficient (Wildman–Crippen LogP) is 2.63. The third-order valence-corrected chi connectivity index (χ3v) is 5.77. The van der Waals surface area contributed by atoms with Crippen LogP contribution >= 0.6 is 11.6 Å². The molecule has 1 aliphatic rings. The average Bonchev–Trinajstić information content (AvgIpc) is 2.45. The second-order valence-electron chi connectivity index (χ2n) is 5.56. The molecule has 0 aromatic heterocycles. The van der Waals surface area contributed by atoms with Crippen LogP contribution in [0.4, 0.5) is 0 Å². The Kier molecular flexibility index (Phi) is 5.71. The van der Waals surface area contributed by atoms with Gasteiger partial charge in [0.25, 0.3) is 0 Å². The smallest absolute Gasteiger partial charge is 0.244 e. The van der Waals surface area contributed by atoms with E-state index < -0.39 is 22.2 Å². The third-order valence-electron chi connectivity index (χ3n) is 3.85. The lowest BCUT2D eigenvalue weighted by Crippen LogP contribution is -2.45. The Bertz CT molecular complexity index is 633. The van der Waals surface area contributed by atoms with E-state index in [9.17, 15) is 13.5 Å². The molecule has 2 N–H and O–H groups in total. The highest BCUT2D eigenvalue weighted by Gasteiger charge is 2.30. The van der Waals surface area contributed by atoms with Gasteiger partial charge in [0, 0.05) is 11.1 Å². The van der Waals surface area contributed by atoms with E-state index in [1.165, 1.54) is 6.07 Å². The van der Waals surface area contributed by atoms with Crippen molar-refractivity contribution in [2.24, 2.45) is 0 Å². The number of halogens is 1. The summed E-state index contributed by atoms with van der Waals surface area (Å²) in [7, 11) is -3.80. The molecule has 1 aliphatic carbocycles. The SMILES string of the molecule is CCOc1cc(C)c(Cl)cc1S(=O)(=O)N[C@H]1CCCC[C@@H]1O. The predicted molar refractivity (Wildman–Crippen MR) is 85.9 cm³/mol. The van der Waals surface area contributed by atoms with Crippen molar-refractivity contribution in [1.82, 2.24) is 4.72 Å². The van der Waals surface area contributed by atoms with Crippen molar-refractivity contribution in [3.8, 4) is 5.75 Å². The van der Waals surface area contributed by atoms with E-state index in [0.717, 1.165) is 18.4 Å². The first-order chi connectivity index (χ1) is 10.3. The highest BCUT2D eigenvalue weighted by Crippen LogP contribution is 2.31. The summed E-state index contributed by atoms with van der Waals surface area (Å²) in [6, 6.07) is 2.56. The minimum Gasteiger partial charge on any atom is -0.492 e. The summed E-state index contributed by atoms with van der Waals surface area (Å²) < 4.78 is 33.3. The molecule has 2 rings (SSSR count). The fourth-order valence-electron chi connectivity index (χ4n) is 2.63. The highest BCUT2D eigenvalue weighted by atomic mass is 35.5. The fourth-order valence-corrected chi connectivity index (χ4v) is 4.31. The first kappa shape index (κ1) is 17.5. The molecule has 0 amide bonds. The van der Waals surface area contributed by atoms with Crippen LogP contribution in [0.15, 0.2) is 17.0 Å². The molecule has 0 spiro atoms. The molecule has 1 saturated carbocycles. The Balaban J connectivity index is 2.33. The number of sulfonamides is 1. The minimum absolute atomic E-state index is 0.0164. The van der Waals surface area contributed by atoms with Gasteiger partial charge in [-0.1, -0.05) is 24.4 Å². The van der Waals surface area contributed by atoms with Gasteiger partial charge in [-0.2, -0.15) is 0 Å². The van der Waals surface area contributed by atoms with Crippen molar-refractivity contribution >= 4 is 21.6 Å². The molecule has 0 heterocycles. The van der Waals surface area contributed by atoms with Gasteiger partial charge in [-0.15, -0.1) is 0 Å². The monoisotopic (exact) mass is 347 g/mol. The van der Waals surface area contributed by atoms with Crippen molar-refractivity contribution in [3.63, 3.8) is 0 Å². The van der Waals surface area contributed by atoms with Gasteiger partial charge in [0.05, 0.1) is 12.7 Å². The number of rotatable bonds is 5. The van der Waals surface area contributed by atoms with Gasteiger partial charge in [0.1, 0.15) is 10.6 Å². The fraction of sp³-hybridized carbons (Fsp3) is 0.600. The van der Waals surface area contributed by atoms with Gasteiger partial charge >= 0.3 is 0 Å². The van der Waals surface area contributed by atoms with Gasteiger partial charge in [-0.3, -0.25) is 0 Å². The molecule has 7 heteroatoms. The van der Waals surface area contributed by atoms with Crippen LogP contribution in [0.5, 0.6) is 5.75 Å². The standard InChI is InChI=1S/C15H22ClNO4S/c1-3-21-14-8-10(2)11(16)9-15(14)22(19,20)17-12-6-4-5-7-13(12)18/h8-9,12-13,17-18H,3-7H2,1-2H3/t12-,13-/m0/s1. The number of aliphatic hydroxyl groups excluding tert-OH is 1. The molecule has 0 aliphatic heterocycles. The van der Waals surface area contributed by atoms with E-state index in [1.807, 2.05) is 0 Å². The van der Waals surface area contributed by atoms with Crippen molar-refractivity contribution in [1.29, 1.82) is 0 Å². The summed E-state index contributed by atoms with van der Waals surface area (Å²) in [6.07, 6.45) is 2.40. The zero-order valence-corrected chi connectivity index (χ0v) is 14.4. The number of hydrogen-bond acceptors (Lipinski definition) is 4. The number of aryl methyl sites for hydroxylation is 1. The molecule has 0 bridgehead atoms. The maximum Gasteiger partial charge on any atom is 0.244 e. The van der Waals surface area contributed by atoms with Crippen LogP contribution in [-0.4, -0.2) is 32.3 Å². The van der Waals surface area contributed by atoms with Gasteiger partial charge in [0.2, 0.25) is 10.0 Å². The van der Waals surface area contributed by atoms with Gasteiger partial charge < -0.3 is 9.84 Å². The molecule has 0 unspecified atom stereocenters. The molecule has 1 fully saturated rings. The Morgan fingerprint density at radius 2 is 2.05 bits per heavy atom. The van der Waals surface area contributed by atoms with Crippen LogP contribution in [0.3, 0.4) is 0 Å². The molecule has 124 valence electrons. The molecule has 0 radical (unpaired) electrons. The zero-order chi connectivity index (χ0) is 16.3. The van der Waals surface area contributed by atoms with Gasteiger partial charge in [0.15, 0.2) is 0 Å². The van der Waals surface area contributed by atoms with Crippen molar-refractivity contribution in [2.45, 2.75) is 56.6 Å². The van der Waals surface area contributed by atoms with Crippen LogP contribution in [-0.2, 0) is 10.0 Å². The maximum absolute atomic E-state index is 12.6. The minimum atomic E-state index is -3.80. The molecule has 22 heavy (non-hydrogen) atoms. The molecule has 5 nitrogen and oxygen atoms in total. The lowest BCUT2D eigenvalue weighted by molar-refractivity contribution is 0.101.